The van der Waals surface area contributed by atoms with Gasteiger partial charge in [0, 0.05) is 51.5 Å². The van der Waals surface area contributed by atoms with Crippen molar-refractivity contribution in [3.05, 3.63) is 0 Å². The molecule has 2 aliphatic rings. The highest BCUT2D eigenvalue weighted by Crippen LogP contribution is 2.25. The third kappa shape index (κ3) is 3.09. The van der Waals surface area contributed by atoms with Crippen LogP contribution >= 0.6 is 11.8 Å². The van der Waals surface area contributed by atoms with Gasteiger partial charge in [-0.25, -0.2) is 0 Å². The Labute approximate surface area is 96.3 Å². The number of rotatable bonds is 4. The van der Waals surface area contributed by atoms with Crippen LogP contribution in [0.5, 0.6) is 0 Å². The first-order valence-electron chi connectivity index (χ1n) is 5.79. The van der Waals surface area contributed by atoms with E-state index in [1.165, 1.54) is 17.9 Å². The van der Waals surface area contributed by atoms with Gasteiger partial charge < -0.3 is 14.8 Å². The minimum absolute atomic E-state index is 0.0332. The van der Waals surface area contributed by atoms with Gasteiger partial charge in [0.1, 0.15) is 0 Å². The molecule has 3 nitrogen and oxygen atoms in total. The Morgan fingerprint density at radius 1 is 1.47 bits per heavy atom. The zero-order chi connectivity index (χ0) is 10.6. The molecule has 0 aromatic rings. The van der Waals surface area contributed by atoms with Crippen LogP contribution in [-0.2, 0) is 9.47 Å². The average molecular weight is 231 g/mol. The summed E-state index contributed by atoms with van der Waals surface area (Å²) in [5, 5.41) is 3.64. The Kier molecular flexibility index (Phi) is 4.31. The maximum atomic E-state index is 5.69. The third-order valence-electron chi connectivity index (χ3n) is 3.48. The first kappa shape index (κ1) is 11.7. The number of methoxy groups -OCH3 is 1. The summed E-state index contributed by atoms with van der Waals surface area (Å²) in [5.41, 5.74) is 0.0332. The van der Waals surface area contributed by atoms with Crippen molar-refractivity contribution in [2.75, 3.05) is 38.4 Å². The Bertz CT molecular complexity index is 189. The number of ether oxygens (including phenoxy) is 2. The zero-order valence-electron chi connectivity index (χ0n) is 9.46. The van der Waals surface area contributed by atoms with Crippen LogP contribution in [0.3, 0.4) is 0 Å². The highest BCUT2D eigenvalue weighted by Gasteiger charge is 2.33. The summed E-state index contributed by atoms with van der Waals surface area (Å²) in [6, 6.07) is 0.699. The van der Waals surface area contributed by atoms with Crippen LogP contribution in [0.2, 0.25) is 0 Å². The topological polar surface area (TPSA) is 30.5 Å². The van der Waals surface area contributed by atoms with Crippen molar-refractivity contribution in [3.8, 4) is 0 Å². The predicted molar refractivity (Wildman–Crippen MR) is 63.5 cm³/mol. The minimum Gasteiger partial charge on any atom is -0.381 e. The molecule has 4 heteroatoms. The lowest BCUT2D eigenvalue weighted by molar-refractivity contribution is -0.0883. The molecule has 0 amide bonds. The maximum Gasteiger partial charge on any atom is 0.0846 e. The van der Waals surface area contributed by atoms with Crippen LogP contribution in [0.25, 0.3) is 0 Å². The summed E-state index contributed by atoms with van der Waals surface area (Å²) in [5.74, 6) is 2.57. The fourth-order valence-electron chi connectivity index (χ4n) is 2.22. The number of hydrogen-bond acceptors (Lipinski definition) is 4. The molecular weight excluding hydrogens is 210 g/mol. The standard InChI is InChI=1S/C11H21NO2S/c1-13-11(3-5-14-6-4-11)9-12-10-2-7-15-8-10/h10,12H,2-9H2,1H3. The highest BCUT2D eigenvalue weighted by molar-refractivity contribution is 7.99. The van der Waals surface area contributed by atoms with Crippen LogP contribution < -0.4 is 5.32 Å². The van der Waals surface area contributed by atoms with Crippen LogP contribution in [0.4, 0.5) is 0 Å². The second-order valence-electron chi connectivity index (χ2n) is 4.44. The fraction of sp³-hybridized carbons (Fsp3) is 1.00. The van der Waals surface area contributed by atoms with Gasteiger partial charge in [-0.3, -0.25) is 0 Å². The zero-order valence-corrected chi connectivity index (χ0v) is 10.3. The fourth-order valence-corrected chi connectivity index (χ4v) is 3.41. The number of nitrogens with one attached hydrogen (secondary N) is 1. The quantitative estimate of drug-likeness (QED) is 0.789. The lowest BCUT2D eigenvalue weighted by Gasteiger charge is -2.36. The van der Waals surface area contributed by atoms with Gasteiger partial charge in [-0.15, -0.1) is 0 Å². The molecule has 2 aliphatic heterocycles. The maximum absolute atomic E-state index is 5.69. The largest absolute Gasteiger partial charge is 0.381 e. The lowest BCUT2D eigenvalue weighted by atomic mass is 9.93. The molecule has 1 N–H and O–H groups in total. The molecule has 2 saturated heterocycles. The first-order valence-corrected chi connectivity index (χ1v) is 6.94. The molecule has 0 radical (unpaired) electrons. The van der Waals surface area contributed by atoms with Crippen molar-refractivity contribution in [3.63, 3.8) is 0 Å². The van der Waals surface area contributed by atoms with Crippen molar-refractivity contribution in [2.24, 2.45) is 0 Å². The monoisotopic (exact) mass is 231 g/mol. The summed E-state index contributed by atoms with van der Waals surface area (Å²) < 4.78 is 11.1. The molecule has 15 heavy (non-hydrogen) atoms. The Morgan fingerprint density at radius 3 is 2.87 bits per heavy atom. The van der Waals surface area contributed by atoms with Crippen molar-refractivity contribution >= 4 is 11.8 Å². The Hall–Kier alpha value is 0.230. The van der Waals surface area contributed by atoms with E-state index in [2.05, 4.69) is 5.32 Å². The molecule has 2 heterocycles. The van der Waals surface area contributed by atoms with Gasteiger partial charge in [0.05, 0.1) is 5.60 Å². The molecule has 0 aromatic heterocycles. The van der Waals surface area contributed by atoms with Gasteiger partial charge in [0.25, 0.3) is 0 Å². The van der Waals surface area contributed by atoms with E-state index in [1.54, 1.807) is 0 Å². The molecule has 0 aliphatic carbocycles. The molecule has 1 atom stereocenters. The second-order valence-corrected chi connectivity index (χ2v) is 5.59. The van der Waals surface area contributed by atoms with Gasteiger partial charge in [0.15, 0.2) is 0 Å². The van der Waals surface area contributed by atoms with Crippen LogP contribution in [0, 0.1) is 0 Å². The van der Waals surface area contributed by atoms with Crippen molar-refractivity contribution in [2.45, 2.75) is 30.9 Å². The van der Waals surface area contributed by atoms with E-state index >= 15 is 0 Å². The smallest absolute Gasteiger partial charge is 0.0846 e. The molecule has 0 aromatic carbocycles. The van der Waals surface area contributed by atoms with E-state index in [4.69, 9.17) is 9.47 Å². The summed E-state index contributed by atoms with van der Waals surface area (Å²) in [4.78, 5) is 0. The van der Waals surface area contributed by atoms with E-state index in [9.17, 15) is 0 Å². The van der Waals surface area contributed by atoms with E-state index in [0.29, 0.717) is 6.04 Å². The Balaban J connectivity index is 1.78. The normalized spacial score (nSPS) is 30.6. The number of thioether (sulfide) groups is 1. The van der Waals surface area contributed by atoms with E-state index < -0.39 is 0 Å². The van der Waals surface area contributed by atoms with Gasteiger partial charge in [-0.1, -0.05) is 0 Å². The van der Waals surface area contributed by atoms with Crippen LogP contribution in [0.1, 0.15) is 19.3 Å². The Morgan fingerprint density at radius 2 is 2.27 bits per heavy atom. The molecule has 88 valence electrons. The minimum atomic E-state index is 0.0332. The van der Waals surface area contributed by atoms with Crippen LogP contribution in [0.15, 0.2) is 0 Å². The lowest BCUT2D eigenvalue weighted by Crippen LogP contribution is -2.49. The highest BCUT2D eigenvalue weighted by atomic mass is 32.2. The summed E-state index contributed by atoms with van der Waals surface area (Å²) in [6.07, 6.45) is 3.35. The summed E-state index contributed by atoms with van der Waals surface area (Å²) in [7, 11) is 1.83. The van der Waals surface area contributed by atoms with Crippen LogP contribution in [-0.4, -0.2) is 50.0 Å². The molecule has 2 rings (SSSR count). The molecule has 0 saturated carbocycles. The van der Waals surface area contributed by atoms with Gasteiger partial charge in [-0.2, -0.15) is 11.8 Å². The van der Waals surface area contributed by atoms with E-state index in [1.807, 2.05) is 18.9 Å². The molecule has 2 fully saturated rings. The van der Waals surface area contributed by atoms with Gasteiger partial charge >= 0.3 is 0 Å². The third-order valence-corrected chi connectivity index (χ3v) is 4.64. The first-order chi connectivity index (χ1) is 7.35. The number of hydrogen-bond donors (Lipinski definition) is 1. The second kappa shape index (κ2) is 5.53. The molecule has 1 unspecified atom stereocenters. The van der Waals surface area contributed by atoms with Crippen molar-refractivity contribution < 1.29 is 9.47 Å². The summed E-state index contributed by atoms with van der Waals surface area (Å²) >= 11 is 2.05. The van der Waals surface area contributed by atoms with E-state index in [-0.39, 0.29) is 5.60 Å². The van der Waals surface area contributed by atoms with Crippen molar-refractivity contribution in [1.29, 1.82) is 0 Å². The molecule has 0 bridgehead atoms. The van der Waals surface area contributed by atoms with Gasteiger partial charge in [0.2, 0.25) is 0 Å². The average Bonchev–Trinajstić information content (AvgIpc) is 2.81. The van der Waals surface area contributed by atoms with E-state index in [0.717, 1.165) is 32.6 Å². The molecule has 0 spiro atoms. The predicted octanol–water partition coefficient (Wildman–Crippen LogP) is 1.28. The molecular formula is C11H21NO2S. The van der Waals surface area contributed by atoms with Gasteiger partial charge in [-0.05, 0) is 12.2 Å². The summed E-state index contributed by atoms with van der Waals surface area (Å²) in [6.45, 7) is 2.67. The van der Waals surface area contributed by atoms with Crippen molar-refractivity contribution in [1.82, 2.24) is 5.32 Å². The SMILES string of the molecule is COC1(CNC2CCSC2)CCOCC1.